The summed E-state index contributed by atoms with van der Waals surface area (Å²) in [6, 6.07) is 0.892. The Kier molecular flexibility index (Phi) is 3.85. The number of carboxylic acid groups (broad SMARTS) is 1. The summed E-state index contributed by atoms with van der Waals surface area (Å²) >= 11 is 0. The van der Waals surface area contributed by atoms with Gasteiger partial charge in [-0.05, 0) is 13.0 Å². The quantitative estimate of drug-likeness (QED) is 0.830. The fourth-order valence-corrected chi connectivity index (χ4v) is 3.58. The van der Waals surface area contributed by atoms with Crippen LogP contribution in [0.1, 0.15) is 23.3 Å². The minimum Gasteiger partial charge on any atom is -0.487 e. The first-order valence-corrected chi connectivity index (χ1v) is 8.34. The summed E-state index contributed by atoms with van der Waals surface area (Å²) < 4.78 is 22.4. The smallest absolute Gasteiger partial charge is 0.341 e. The Balaban J connectivity index is 2.00. The van der Waals surface area contributed by atoms with Crippen molar-refractivity contribution in [1.29, 1.82) is 0 Å². The zero-order chi connectivity index (χ0) is 18.6. The highest BCUT2D eigenvalue weighted by molar-refractivity contribution is 5.97. The number of hydrogen-bond acceptors (Lipinski definition) is 6. The lowest BCUT2D eigenvalue weighted by molar-refractivity contribution is -0.0936. The number of hydroxylamine groups is 2. The van der Waals surface area contributed by atoms with E-state index in [2.05, 4.69) is 0 Å². The molecule has 8 nitrogen and oxygen atoms in total. The van der Waals surface area contributed by atoms with Crippen molar-refractivity contribution in [1.82, 2.24) is 9.63 Å². The molecule has 0 bridgehead atoms. The second kappa shape index (κ2) is 5.96. The maximum atomic E-state index is 14.9. The zero-order valence-corrected chi connectivity index (χ0v) is 14.1. The van der Waals surface area contributed by atoms with Crippen molar-refractivity contribution in [3.63, 3.8) is 0 Å². The predicted molar refractivity (Wildman–Crippen MR) is 90.9 cm³/mol. The highest BCUT2D eigenvalue weighted by Crippen LogP contribution is 2.41. The van der Waals surface area contributed by atoms with E-state index in [9.17, 15) is 24.3 Å². The molecule has 1 aromatic heterocycles. The van der Waals surface area contributed by atoms with Gasteiger partial charge in [-0.2, -0.15) is 5.06 Å². The van der Waals surface area contributed by atoms with E-state index in [0.717, 1.165) is 6.07 Å². The largest absolute Gasteiger partial charge is 0.487 e. The van der Waals surface area contributed by atoms with E-state index < -0.39 is 22.8 Å². The number of pyridine rings is 1. The van der Waals surface area contributed by atoms with Crippen LogP contribution in [0.15, 0.2) is 17.1 Å². The van der Waals surface area contributed by atoms with Gasteiger partial charge in [0.2, 0.25) is 5.43 Å². The van der Waals surface area contributed by atoms with Gasteiger partial charge in [0.05, 0.1) is 16.9 Å². The molecule has 0 spiro atoms. The molecule has 1 saturated heterocycles. The summed E-state index contributed by atoms with van der Waals surface area (Å²) in [6.45, 7) is 3.60. The fourth-order valence-electron chi connectivity index (χ4n) is 3.58. The normalized spacial score (nSPS) is 20.3. The second-order valence-electron chi connectivity index (χ2n) is 6.62. The lowest BCUT2D eigenvalue weighted by atomic mass is 10.1. The number of aromatic nitrogens is 1. The van der Waals surface area contributed by atoms with E-state index in [-0.39, 0.29) is 29.5 Å². The summed E-state index contributed by atoms with van der Waals surface area (Å²) in [4.78, 5) is 25.7. The highest BCUT2D eigenvalue weighted by Gasteiger charge is 2.31. The molecule has 0 saturated carbocycles. The molecular formula is C17H18FN3O5. The Morgan fingerprint density at radius 2 is 2.00 bits per heavy atom. The van der Waals surface area contributed by atoms with Gasteiger partial charge in [0.25, 0.3) is 0 Å². The maximum absolute atomic E-state index is 14.9. The van der Waals surface area contributed by atoms with Crippen LogP contribution in [0.3, 0.4) is 0 Å². The lowest BCUT2D eigenvalue weighted by Crippen LogP contribution is -2.45. The van der Waals surface area contributed by atoms with Gasteiger partial charge in [-0.1, -0.05) is 0 Å². The molecule has 1 fully saturated rings. The fraction of sp³-hybridized carbons (Fsp3) is 0.412. The maximum Gasteiger partial charge on any atom is 0.341 e. The molecule has 1 aromatic carbocycles. The van der Waals surface area contributed by atoms with E-state index in [0.29, 0.717) is 31.7 Å². The van der Waals surface area contributed by atoms with Gasteiger partial charge >= 0.3 is 5.97 Å². The molecule has 9 heteroatoms. The Morgan fingerprint density at radius 1 is 1.31 bits per heavy atom. The van der Waals surface area contributed by atoms with Crippen molar-refractivity contribution >= 4 is 22.6 Å². The van der Waals surface area contributed by atoms with E-state index >= 15 is 0 Å². The van der Waals surface area contributed by atoms with E-state index in [1.54, 1.807) is 9.47 Å². The molecule has 0 amide bonds. The number of aromatic carboxylic acids is 1. The van der Waals surface area contributed by atoms with Gasteiger partial charge in [0.15, 0.2) is 11.6 Å². The SMILES string of the molecule is C[C@H]1COc2c(N3CCN(O)CC3)c(F)cc3c(=O)c(C(=O)O)cn1c23. The first-order valence-electron chi connectivity index (χ1n) is 8.34. The number of halogens is 1. The van der Waals surface area contributed by atoms with Crippen molar-refractivity contribution in [2.45, 2.75) is 13.0 Å². The molecule has 26 heavy (non-hydrogen) atoms. The predicted octanol–water partition coefficient (Wildman–Crippen LogP) is 1.30. The third kappa shape index (κ3) is 2.43. The number of rotatable bonds is 2. The van der Waals surface area contributed by atoms with Crippen LogP contribution in [0.5, 0.6) is 5.75 Å². The van der Waals surface area contributed by atoms with Crippen LogP contribution in [-0.4, -0.2) is 58.7 Å². The molecule has 2 aromatic rings. The first kappa shape index (κ1) is 16.8. The van der Waals surface area contributed by atoms with Crippen molar-refractivity contribution < 1.29 is 24.2 Å². The molecule has 0 radical (unpaired) electrons. The summed E-state index contributed by atoms with van der Waals surface area (Å²) in [5.41, 5.74) is -0.470. The van der Waals surface area contributed by atoms with Gasteiger partial charge in [-0.3, -0.25) is 4.79 Å². The van der Waals surface area contributed by atoms with Gasteiger partial charge in [-0.25, -0.2) is 9.18 Å². The standard InChI is InChI=1S/C17H18FN3O5/c1-9-8-26-16-13-10(15(22)11(17(23)24)7-21(9)13)6-12(18)14(16)19-2-4-20(25)5-3-19/h6-7,9,25H,2-5,8H2,1H3,(H,23,24)/t9-/m0/s1. The van der Waals surface area contributed by atoms with Crippen LogP contribution >= 0.6 is 0 Å². The summed E-state index contributed by atoms with van der Waals surface area (Å²) in [5.74, 6) is -1.73. The molecule has 0 aliphatic carbocycles. The summed E-state index contributed by atoms with van der Waals surface area (Å²) in [5, 5.41) is 20.0. The molecule has 2 N–H and O–H groups in total. The number of hydrogen-bond donors (Lipinski definition) is 2. The van der Waals surface area contributed by atoms with E-state index in [4.69, 9.17) is 4.74 Å². The Bertz CT molecular complexity index is 965. The number of ether oxygens (including phenoxy) is 1. The summed E-state index contributed by atoms with van der Waals surface area (Å²) in [6.07, 6.45) is 1.30. The third-order valence-corrected chi connectivity index (χ3v) is 4.94. The Labute approximate surface area is 147 Å². The van der Waals surface area contributed by atoms with Crippen LogP contribution in [-0.2, 0) is 0 Å². The number of carboxylic acids is 1. The number of anilines is 1. The average molecular weight is 363 g/mol. The Morgan fingerprint density at radius 3 is 2.65 bits per heavy atom. The van der Waals surface area contributed by atoms with Crippen molar-refractivity contribution in [2.24, 2.45) is 0 Å². The van der Waals surface area contributed by atoms with Crippen LogP contribution in [0.4, 0.5) is 10.1 Å². The number of carbonyl (C=O) groups is 1. The van der Waals surface area contributed by atoms with Crippen LogP contribution in [0.2, 0.25) is 0 Å². The number of nitrogens with zero attached hydrogens (tertiary/aromatic N) is 3. The van der Waals surface area contributed by atoms with Crippen LogP contribution in [0.25, 0.3) is 10.9 Å². The molecule has 3 heterocycles. The number of benzene rings is 1. The average Bonchev–Trinajstić information content (AvgIpc) is 2.60. The van der Waals surface area contributed by atoms with Gasteiger partial charge in [0.1, 0.15) is 17.9 Å². The van der Waals surface area contributed by atoms with Crippen molar-refractivity contribution in [3.05, 3.63) is 33.9 Å². The van der Waals surface area contributed by atoms with Crippen LogP contribution < -0.4 is 15.1 Å². The molecule has 2 aliphatic rings. The molecule has 1 atom stereocenters. The second-order valence-corrected chi connectivity index (χ2v) is 6.62. The lowest BCUT2D eigenvalue weighted by Gasteiger charge is -2.36. The zero-order valence-electron chi connectivity index (χ0n) is 14.1. The van der Waals surface area contributed by atoms with Gasteiger partial charge in [0, 0.05) is 32.4 Å². The molecule has 0 unspecified atom stereocenters. The molecular weight excluding hydrogens is 345 g/mol. The first-order chi connectivity index (χ1) is 12.4. The molecule has 138 valence electrons. The van der Waals surface area contributed by atoms with E-state index in [1.165, 1.54) is 11.3 Å². The molecule has 2 aliphatic heterocycles. The molecule has 4 rings (SSSR count). The van der Waals surface area contributed by atoms with Crippen molar-refractivity contribution in [2.75, 3.05) is 37.7 Å². The Hall–Kier alpha value is -2.65. The third-order valence-electron chi connectivity index (χ3n) is 4.94. The van der Waals surface area contributed by atoms with Gasteiger partial charge in [-0.15, -0.1) is 0 Å². The van der Waals surface area contributed by atoms with E-state index in [1.807, 2.05) is 6.92 Å². The topological polar surface area (TPSA) is 95.2 Å². The highest BCUT2D eigenvalue weighted by atomic mass is 19.1. The minimum atomic E-state index is -1.34. The van der Waals surface area contributed by atoms with Crippen molar-refractivity contribution in [3.8, 4) is 5.75 Å². The summed E-state index contributed by atoms with van der Waals surface area (Å²) in [7, 11) is 0. The number of piperazine rings is 1. The minimum absolute atomic E-state index is 0.00602. The van der Waals surface area contributed by atoms with Crippen LogP contribution in [0, 0.1) is 5.82 Å². The monoisotopic (exact) mass is 363 g/mol. The van der Waals surface area contributed by atoms with Gasteiger partial charge < -0.3 is 24.5 Å².